The predicted octanol–water partition coefficient (Wildman–Crippen LogP) is -3.24. The molecule has 0 aromatic rings. The van der Waals surface area contributed by atoms with Gasteiger partial charge >= 0.3 is 7.32 Å². The van der Waals surface area contributed by atoms with Gasteiger partial charge in [-0.2, -0.15) is 0 Å². The normalized spacial score (nSPS) is 4.50. The molecule has 0 fully saturated rings. The third kappa shape index (κ3) is 153. The Balaban J connectivity index is -0.0000000450. The van der Waals surface area contributed by atoms with Crippen LogP contribution in [0.3, 0.4) is 0 Å². The van der Waals surface area contributed by atoms with Crippen LogP contribution in [-0.4, -0.2) is 30.8 Å². The van der Waals surface area contributed by atoms with Gasteiger partial charge in [-0.3, -0.25) is 0 Å². The van der Waals surface area contributed by atoms with Gasteiger partial charge in [0.05, 0.1) is 8.41 Å². The second kappa shape index (κ2) is 9.16. The van der Waals surface area contributed by atoms with E-state index in [2.05, 4.69) is 0 Å². The summed E-state index contributed by atoms with van der Waals surface area (Å²) in [6.07, 6.45) is 0. The SMILES string of the molecule is B.OB(O)O.[Zn]. The van der Waals surface area contributed by atoms with Crippen molar-refractivity contribution in [1.82, 2.24) is 0 Å². The Morgan fingerprint density at radius 2 is 1.00 bits per heavy atom. The van der Waals surface area contributed by atoms with Crippen molar-refractivity contribution < 1.29 is 34.6 Å². The maximum Gasteiger partial charge on any atom is 0.631 e. The van der Waals surface area contributed by atoms with Crippen LogP contribution >= 0.6 is 0 Å². The fourth-order valence-corrected chi connectivity index (χ4v) is 0. The summed E-state index contributed by atoms with van der Waals surface area (Å²) in [6.45, 7) is 0. The van der Waals surface area contributed by atoms with Gasteiger partial charge in [0.1, 0.15) is 0 Å². The molecule has 6 heavy (non-hydrogen) atoms. The van der Waals surface area contributed by atoms with Gasteiger partial charge in [0.25, 0.3) is 0 Å². The molecular weight excluding hydrogens is 135 g/mol. The van der Waals surface area contributed by atoms with E-state index in [1.54, 1.807) is 0 Å². The molecule has 0 spiro atoms. The topological polar surface area (TPSA) is 60.7 Å². The van der Waals surface area contributed by atoms with E-state index in [0.29, 0.717) is 0 Å². The molecule has 0 aromatic carbocycles. The van der Waals surface area contributed by atoms with Crippen LogP contribution in [0.5, 0.6) is 0 Å². The van der Waals surface area contributed by atoms with E-state index in [1.165, 1.54) is 0 Å². The Morgan fingerprint density at radius 1 is 1.00 bits per heavy atom. The van der Waals surface area contributed by atoms with Gasteiger partial charge < -0.3 is 15.1 Å². The van der Waals surface area contributed by atoms with Crippen molar-refractivity contribution in [3.8, 4) is 0 Å². The Hall–Kier alpha value is 0.633. The van der Waals surface area contributed by atoms with Crippen molar-refractivity contribution in [3.63, 3.8) is 0 Å². The minimum atomic E-state index is -2.17. The van der Waals surface area contributed by atoms with Crippen LogP contribution in [0.4, 0.5) is 0 Å². The summed E-state index contributed by atoms with van der Waals surface area (Å²) in [5, 5.41) is 21.5. The molecular formula is H6B2O3Zn. The Labute approximate surface area is 50.9 Å². The molecule has 0 saturated heterocycles. The van der Waals surface area contributed by atoms with E-state index in [9.17, 15) is 0 Å². The quantitative estimate of drug-likeness (QED) is 0.311. The van der Waals surface area contributed by atoms with Crippen molar-refractivity contribution >= 4 is 15.7 Å². The fourth-order valence-electron chi connectivity index (χ4n) is 0. The Kier molecular flexibility index (Phi) is 24.3. The summed E-state index contributed by atoms with van der Waals surface area (Å²) in [5.74, 6) is 0. The van der Waals surface area contributed by atoms with Crippen LogP contribution in [-0.2, 0) is 19.5 Å². The van der Waals surface area contributed by atoms with Gasteiger partial charge in [-0.05, 0) is 0 Å². The maximum absolute atomic E-state index is 7.17. The molecule has 0 amide bonds. The van der Waals surface area contributed by atoms with Crippen LogP contribution in [0.25, 0.3) is 0 Å². The number of hydrogen-bond acceptors (Lipinski definition) is 3. The van der Waals surface area contributed by atoms with Crippen LogP contribution in [0.2, 0.25) is 0 Å². The molecule has 0 unspecified atom stereocenters. The van der Waals surface area contributed by atoms with Crippen LogP contribution < -0.4 is 0 Å². The van der Waals surface area contributed by atoms with Crippen molar-refractivity contribution in [2.45, 2.75) is 0 Å². The van der Waals surface area contributed by atoms with Gasteiger partial charge in [-0.1, -0.05) is 0 Å². The predicted molar refractivity (Wildman–Crippen MR) is 22.3 cm³/mol. The molecule has 0 heterocycles. The molecule has 3 N–H and O–H groups in total. The molecule has 0 radical (unpaired) electrons. The number of hydrogen-bond donors (Lipinski definition) is 3. The second-order valence-electron chi connectivity index (χ2n) is 0.346. The molecule has 32 valence electrons. The Morgan fingerprint density at radius 3 is 1.00 bits per heavy atom. The second-order valence-corrected chi connectivity index (χ2v) is 0.346. The van der Waals surface area contributed by atoms with Crippen LogP contribution in [0.1, 0.15) is 0 Å². The molecule has 0 atom stereocenters. The Bertz CT molecular complexity index is 13.5. The zero-order valence-corrected chi connectivity index (χ0v) is 5.59. The summed E-state index contributed by atoms with van der Waals surface area (Å²) in [5.41, 5.74) is 0. The average molecular weight is 141 g/mol. The minimum Gasteiger partial charge on any atom is -0.402 e. The summed E-state index contributed by atoms with van der Waals surface area (Å²) >= 11 is 0. The molecule has 0 aromatic heterocycles. The van der Waals surface area contributed by atoms with Crippen molar-refractivity contribution in [2.24, 2.45) is 0 Å². The molecule has 0 saturated carbocycles. The van der Waals surface area contributed by atoms with Gasteiger partial charge in [0, 0.05) is 19.5 Å². The van der Waals surface area contributed by atoms with E-state index < -0.39 is 7.32 Å². The first-order valence-electron chi connectivity index (χ1n) is 0.775. The first-order chi connectivity index (χ1) is 1.73. The zero-order chi connectivity index (χ0) is 3.58. The van der Waals surface area contributed by atoms with Crippen molar-refractivity contribution in [1.29, 1.82) is 0 Å². The molecule has 0 bridgehead atoms. The molecule has 0 rings (SSSR count). The first-order valence-corrected chi connectivity index (χ1v) is 0.775. The molecule has 0 aliphatic rings. The molecule has 0 aliphatic heterocycles. The van der Waals surface area contributed by atoms with Gasteiger partial charge in [0.15, 0.2) is 0 Å². The summed E-state index contributed by atoms with van der Waals surface area (Å²) in [7, 11) is -2.17. The molecule has 6 heteroatoms. The van der Waals surface area contributed by atoms with Gasteiger partial charge in [-0.25, -0.2) is 0 Å². The summed E-state index contributed by atoms with van der Waals surface area (Å²) in [6, 6.07) is 0. The first kappa shape index (κ1) is 15.9. The van der Waals surface area contributed by atoms with E-state index in [0.717, 1.165) is 0 Å². The molecule has 0 aliphatic carbocycles. The van der Waals surface area contributed by atoms with Crippen LogP contribution in [0, 0.1) is 0 Å². The zero-order valence-electron chi connectivity index (χ0n) is 2.63. The minimum absolute atomic E-state index is 0. The summed E-state index contributed by atoms with van der Waals surface area (Å²) < 4.78 is 0. The van der Waals surface area contributed by atoms with Gasteiger partial charge in [-0.15, -0.1) is 0 Å². The van der Waals surface area contributed by atoms with Crippen molar-refractivity contribution in [2.75, 3.05) is 0 Å². The van der Waals surface area contributed by atoms with Crippen molar-refractivity contribution in [3.05, 3.63) is 0 Å². The van der Waals surface area contributed by atoms with Gasteiger partial charge in [0.2, 0.25) is 0 Å². The van der Waals surface area contributed by atoms with Crippen LogP contribution in [0.15, 0.2) is 0 Å². The monoisotopic (exact) mass is 140 g/mol. The summed E-state index contributed by atoms with van der Waals surface area (Å²) in [4.78, 5) is 0. The largest absolute Gasteiger partial charge is 0.631 e. The molecule has 3 nitrogen and oxygen atoms in total. The fraction of sp³-hybridized carbons (Fsp3) is 0. The third-order valence-corrected chi connectivity index (χ3v) is 0. The smallest absolute Gasteiger partial charge is 0.402 e. The standard InChI is InChI=1S/BH3O3.BH3.Zn/c2-1(3)4;;/h2-4H;1H3;. The van der Waals surface area contributed by atoms with E-state index in [4.69, 9.17) is 15.1 Å². The maximum atomic E-state index is 7.17. The average Bonchev–Trinajstić information content (AvgIpc) is 0.811. The van der Waals surface area contributed by atoms with E-state index in [1.807, 2.05) is 0 Å². The van der Waals surface area contributed by atoms with E-state index in [-0.39, 0.29) is 27.9 Å². The number of rotatable bonds is 0. The van der Waals surface area contributed by atoms with E-state index >= 15 is 0 Å². The third-order valence-electron chi connectivity index (χ3n) is 0.